The average molecular weight is 348 g/mol. The van der Waals surface area contributed by atoms with E-state index < -0.39 is 12.1 Å². The number of likely N-dealkylation sites (tertiary alicyclic amines) is 1. The Labute approximate surface area is 144 Å². The summed E-state index contributed by atoms with van der Waals surface area (Å²) in [5, 5.41) is 3.87. The van der Waals surface area contributed by atoms with Crippen LogP contribution in [0.25, 0.3) is 0 Å². The smallest absolute Gasteiger partial charge is 0.268 e. The molecule has 1 saturated heterocycles. The summed E-state index contributed by atoms with van der Waals surface area (Å²) in [6, 6.07) is 1.88. The Morgan fingerprint density at radius 2 is 2.28 bits per heavy atom. The maximum Gasteiger partial charge on any atom is 0.268 e. The van der Waals surface area contributed by atoms with Crippen LogP contribution in [0.3, 0.4) is 0 Å². The molecule has 3 rings (SSSR count). The fourth-order valence-electron chi connectivity index (χ4n) is 3.05. The van der Waals surface area contributed by atoms with Gasteiger partial charge in [-0.05, 0) is 13.3 Å². The van der Waals surface area contributed by atoms with Crippen molar-refractivity contribution in [3.63, 3.8) is 0 Å². The summed E-state index contributed by atoms with van der Waals surface area (Å²) >= 11 is 0. The van der Waals surface area contributed by atoms with Gasteiger partial charge in [0.15, 0.2) is 5.76 Å². The number of hydrogen-bond acceptors (Lipinski definition) is 7. The molecule has 2 atom stereocenters. The number of carbonyl (C=O) groups excluding carboxylic acids is 1. The number of halogens is 1. The lowest BCUT2D eigenvalue weighted by Crippen LogP contribution is -2.38. The molecule has 0 aliphatic carbocycles. The predicted octanol–water partition coefficient (Wildman–Crippen LogP) is 0.921. The Bertz CT molecular complexity index is 734. The largest absolute Gasteiger partial charge is 0.364 e. The predicted molar refractivity (Wildman–Crippen MR) is 88.8 cm³/mol. The van der Waals surface area contributed by atoms with Crippen molar-refractivity contribution in [1.29, 1.82) is 0 Å². The summed E-state index contributed by atoms with van der Waals surface area (Å²) in [5.74, 6) is 0.707. The van der Waals surface area contributed by atoms with Crippen molar-refractivity contribution >= 4 is 11.7 Å². The highest BCUT2D eigenvalue weighted by molar-refractivity contribution is 5.90. The number of aryl methyl sites for hydroxylation is 1. The quantitative estimate of drug-likeness (QED) is 0.828. The highest BCUT2D eigenvalue weighted by Crippen LogP contribution is 2.24. The van der Waals surface area contributed by atoms with E-state index in [0.29, 0.717) is 31.9 Å². The molecule has 1 aliphatic heterocycles. The maximum atomic E-state index is 13.9. The van der Waals surface area contributed by atoms with Crippen molar-refractivity contribution in [1.82, 2.24) is 20.0 Å². The van der Waals surface area contributed by atoms with Gasteiger partial charge in [0.05, 0.1) is 24.6 Å². The standard InChI is InChI=1S/C16H21FN6O2/c1-10-3-13(25-21-10)9-23-7-11(17)4-12(23)8-22(2)15-6-19-14(5-20-15)16(18)24/h3,5-6,11-12H,4,7-9H2,1-2H3,(H2,18,24)/t11-,12-/m0/s1. The summed E-state index contributed by atoms with van der Waals surface area (Å²) in [6.45, 7) is 3.32. The molecule has 0 spiro atoms. The molecule has 1 amide bonds. The summed E-state index contributed by atoms with van der Waals surface area (Å²) in [6.07, 6.45) is 2.41. The van der Waals surface area contributed by atoms with Crippen LogP contribution in [0.2, 0.25) is 0 Å². The van der Waals surface area contributed by atoms with Crippen LogP contribution < -0.4 is 10.6 Å². The number of likely N-dealkylation sites (N-methyl/N-ethyl adjacent to an activating group) is 1. The van der Waals surface area contributed by atoms with E-state index in [1.807, 2.05) is 29.8 Å². The monoisotopic (exact) mass is 348 g/mol. The number of rotatable bonds is 6. The minimum absolute atomic E-state index is 0.0167. The molecule has 2 aromatic rings. The van der Waals surface area contributed by atoms with E-state index in [0.717, 1.165) is 11.5 Å². The Morgan fingerprint density at radius 1 is 1.48 bits per heavy atom. The minimum atomic E-state index is -0.870. The zero-order valence-electron chi connectivity index (χ0n) is 14.2. The lowest BCUT2D eigenvalue weighted by atomic mass is 10.2. The minimum Gasteiger partial charge on any atom is -0.364 e. The second-order valence-electron chi connectivity index (χ2n) is 6.36. The SMILES string of the molecule is Cc1cc(CN2C[C@@H](F)C[C@H]2CN(C)c2cnc(C(N)=O)cn2)on1. The van der Waals surface area contributed by atoms with Gasteiger partial charge in [0.1, 0.15) is 17.7 Å². The first-order valence-electron chi connectivity index (χ1n) is 8.05. The van der Waals surface area contributed by atoms with Gasteiger partial charge in [-0.25, -0.2) is 14.4 Å². The van der Waals surface area contributed by atoms with Crippen molar-refractivity contribution in [2.75, 3.05) is 25.0 Å². The van der Waals surface area contributed by atoms with Crippen molar-refractivity contribution in [2.24, 2.45) is 5.73 Å². The topological polar surface area (TPSA) is 101 Å². The van der Waals surface area contributed by atoms with Gasteiger partial charge < -0.3 is 15.2 Å². The lowest BCUT2D eigenvalue weighted by Gasteiger charge is -2.28. The normalized spacial score (nSPS) is 20.8. The molecule has 1 fully saturated rings. The van der Waals surface area contributed by atoms with Gasteiger partial charge in [0.25, 0.3) is 5.91 Å². The van der Waals surface area contributed by atoms with Crippen LogP contribution in [0.4, 0.5) is 10.2 Å². The van der Waals surface area contributed by atoms with Crippen LogP contribution >= 0.6 is 0 Å². The molecule has 0 saturated carbocycles. The fraction of sp³-hybridized carbons (Fsp3) is 0.500. The number of carbonyl (C=O) groups is 1. The summed E-state index contributed by atoms with van der Waals surface area (Å²) < 4.78 is 19.2. The number of hydrogen-bond donors (Lipinski definition) is 1. The van der Waals surface area contributed by atoms with Crippen molar-refractivity contribution < 1.29 is 13.7 Å². The van der Waals surface area contributed by atoms with E-state index >= 15 is 0 Å². The average Bonchev–Trinajstić information content (AvgIpc) is 3.13. The molecular formula is C16H21FN6O2. The maximum absolute atomic E-state index is 13.9. The van der Waals surface area contributed by atoms with E-state index in [4.69, 9.17) is 10.3 Å². The Hall–Kier alpha value is -2.55. The van der Waals surface area contributed by atoms with Crippen molar-refractivity contribution in [3.8, 4) is 0 Å². The van der Waals surface area contributed by atoms with Crippen molar-refractivity contribution in [2.45, 2.75) is 32.1 Å². The lowest BCUT2D eigenvalue weighted by molar-refractivity contribution is 0.0995. The number of nitrogens with two attached hydrogens (primary N) is 1. The first kappa shape index (κ1) is 17.3. The van der Waals surface area contributed by atoms with E-state index in [1.54, 1.807) is 0 Å². The van der Waals surface area contributed by atoms with Gasteiger partial charge in [-0.15, -0.1) is 0 Å². The van der Waals surface area contributed by atoms with E-state index in [9.17, 15) is 9.18 Å². The molecule has 0 aromatic carbocycles. The number of aromatic nitrogens is 3. The van der Waals surface area contributed by atoms with Gasteiger partial charge in [-0.3, -0.25) is 9.69 Å². The third-order valence-electron chi connectivity index (χ3n) is 4.28. The summed E-state index contributed by atoms with van der Waals surface area (Å²) in [7, 11) is 1.86. The van der Waals surface area contributed by atoms with Gasteiger partial charge in [0.2, 0.25) is 0 Å². The Morgan fingerprint density at radius 3 is 2.88 bits per heavy atom. The van der Waals surface area contributed by atoms with Crippen LogP contribution in [-0.2, 0) is 6.54 Å². The third kappa shape index (κ3) is 4.11. The van der Waals surface area contributed by atoms with E-state index in [2.05, 4.69) is 15.1 Å². The van der Waals surface area contributed by atoms with Gasteiger partial charge >= 0.3 is 0 Å². The summed E-state index contributed by atoms with van der Waals surface area (Å²) in [5.41, 5.74) is 6.09. The first-order chi connectivity index (χ1) is 11.9. The molecule has 25 heavy (non-hydrogen) atoms. The molecule has 9 heteroatoms. The van der Waals surface area contributed by atoms with Crippen LogP contribution in [-0.4, -0.2) is 58.3 Å². The molecule has 0 radical (unpaired) electrons. The number of nitrogens with zero attached hydrogens (tertiary/aromatic N) is 5. The van der Waals surface area contributed by atoms with E-state index in [-0.39, 0.29) is 11.7 Å². The molecule has 134 valence electrons. The number of alkyl halides is 1. The van der Waals surface area contributed by atoms with Crippen LogP contribution in [0.15, 0.2) is 23.0 Å². The number of anilines is 1. The Kier molecular flexibility index (Phi) is 4.93. The van der Waals surface area contributed by atoms with E-state index in [1.165, 1.54) is 12.4 Å². The van der Waals surface area contributed by atoms with Crippen molar-refractivity contribution in [3.05, 3.63) is 35.6 Å². The zero-order valence-corrected chi connectivity index (χ0v) is 14.2. The molecule has 8 nitrogen and oxygen atoms in total. The fourth-order valence-corrected chi connectivity index (χ4v) is 3.05. The second-order valence-corrected chi connectivity index (χ2v) is 6.36. The number of amides is 1. The van der Waals surface area contributed by atoms with Gasteiger partial charge in [-0.1, -0.05) is 5.16 Å². The van der Waals surface area contributed by atoms with Crippen LogP contribution in [0.1, 0.15) is 28.4 Å². The molecule has 0 bridgehead atoms. The van der Waals surface area contributed by atoms with Crippen LogP contribution in [0.5, 0.6) is 0 Å². The van der Waals surface area contributed by atoms with Gasteiger partial charge in [-0.2, -0.15) is 0 Å². The molecule has 0 unspecified atom stereocenters. The highest BCUT2D eigenvalue weighted by atomic mass is 19.1. The Balaban J connectivity index is 1.65. The molecule has 2 aromatic heterocycles. The first-order valence-corrected chi connectivity index (χ1v) is 8.05. The molecule has 3 heterocycles. The molecular weight excluding hydrogens is 327 g/mol. The summed E-state index contributed by atoms with van der Waals surface area (Å²) in [4.78, 5) is 23.2. The number of primary amides is 1. The highest BCUT2D eigenvalue weighted by Gasteiger charge is 2.33. The van der Waals surface area contributed by atoms with Crippen LogP contribution in [0, 0.1) is 6.92 Å². The van der Waals surface area contributed by atoms with Gasteiger partial charge in [0, 0.05) is 32.2 Å². The molecule has 1 aliphatic rings. The zero-order chi connectivity index (χ0) is 18.0. The third-order valence-corrected chi connectivity index (χ3v) is 4.28. The molecule has 2 N–H and O–H groups in total. The second kappa shape index (κ2) is 7.14.